The fourth-order valence-electron chi connectivity index (χ4n) is 4.61. The van der Waals surface area contributed by atoms with E-state index in [9.17, 15) is 22.8 Å². The molecule has 3 aromatic rings. The Balaban J connectivity index is 1.51. The van der Waals surface area contributed by atoms with E-state index in [1.165, 1.54) is 31.3 Å². The van der Waals surface area contributed by atoms with Gasteiger partial charge >= 0.3 is 12.1 Å². The lowest BCUT2D eigenvalue weighted by atomic mass is 9.85. The number of halogens is 3. The van der Waals surface area contributed by atoms with Gasteiger partial charge in [0.1, 0.15) is 23.1 Å². The van der Waals surface area contributed by atoms with Crippen LogP contribution in [0.15, 0.2) is 66.7 Å². The van der Waals surface area contributed by atoms with E-state index in [4.69, 9.17) is 4.74 Å². The number of cyclic esters (lactones) is 1. The highest BCUT2D eigenvalue weighted by Crippen LogP contribution is 2.39. The number of ether oxygens (including phenoxy) is 1. The average molecular weight is 512 g/mol. The van der Waals surface area contributed by atoms with E-state index in [2.05, 4.69) is 10.6 Å². The Labute approximate surface area is 213 Å². The zero-order chi connectivity index (χ0) is 26.6. The van der Waals surface area contributed by atoms with Crippen LogP contribution in [0.3, 0.4) is 0 Å². The topological polar surface area (TPSA) is 70.7 Å². The molecule has 0 saturated carbocycles. The van der Waals surface area contributed by atoms with Crippen molar-refractivity contribution in [2.24, 2.45) is 0 Å². The molecule has 37 heavy (non-hydrogen) atoms. The van der Waals surface area contributed by atoms with Gasteiger partial charge in [-0.1, -0.05) is 36.4 Å². The summed E-state index contributed by atoms with van der Waals surface area (Å²) in [6.45, 7) is 2.49. The van der Waals surface area contributed by atoms with E-state index in [1.807, 2.05) is 6.92 Å². The van der Waals surface area contributed by atoms with Crippen molar-refractivity contribution in [2.45, 2.75) is 31.4 Å². The Morgan fingerprint density at radius 2 is 1.70 bits per heavy atom. The number of hydrogen-bond acceptors (Lipinski definition) is 3. The molecule has 1 aliphatic rings. The Bertz CT molecular complexity index is 1270. The SMILES string of the molecule is CNC(=O)NCC[C@]1(c2ccc(F)cc2)CCN([C@@H](C)c2ccc(-c3ccc(F)cc3F)cc2)C(=O)O1. The molecular weight excluding hydrogens is 483 g/mol. The molecule has 3 amide bonds. The second-order valence-corrected chi connectivity index (χ2v) is 8.99. The standard InChI is InChI=1S/C28H28F3N3O3/c1-18(19-3-5-20(6-4-19)24-12-11-23(30)17-25(24)31)34-16-14-28(37-27(34)36,13-15-33-26(35)32-2)21-7-9-22(29)10-8-21/h3-12,17-18H,13-16H2,1-2H3,(H2,32,33,35)/t18-,28+/m0/s1. The van der Waals surface area contributed by atoms with Crippen LogP contribution in [0.2, 0.25) is 0 Å². The molecule has 0 bridgehead atoms. The lowest BCUT2D eigenvalue weighted by Gasteiger charge is -2.43. The highest BCUT2D eigenvalue weighted by molar-refractivity contribution is 5.73. The van der Waals surface area contributed by atoms with Crippen molar-refractivity contribution < 1.29 is 27.5 Å². The zero-order valence-corrected chi connectivity index (χ0v) is 20.6. The van der Waals surface area contributed by atoms with Gasteiger partial charge in [-0.05, 0) is 47.9 Å². The van der Waals surface area contributed by atoms with Gasteiger partial charge in [-0.25, -0.2) is 22.8 Å². The third kappa shape index (κ3) is 5.71. The van der Waals surface area contributed by atoms with Crippen molar-refractivity contribution in [1.82, 2.24) is 15.5 Å². The molecule has 1 heterocycles. The third-order valence-electron chi connectivity index (χ3n) is 6.79. The Morgan fingerprint density at radius 1 is 1.03 bits per heavy atom. The number of carbonyl (C=O) groups is 2. The van der Waals surface area contributed by atoms with Crippen molar-refractivity contribution >= 4 is 12.1 Å². The summed E-state index contributed by atoms with van der Waals surface area (Å²) >= 11 is 0. The van der Waals surface area contributed by atoms with E-state index in [1.54, 1.807) is 41.3 Å². The van der Waals surface area contributed by atoms with E-state index >= 15 is 0 Å². The molecule has 2 N–H and O–H groups in total. The predicted octanol–water partition coefficient (Wildman–Crippen LogP) is 5.89. The van der Waals surface area contributed by atoms with Gasteiger partial charge in [-0.15, -0.1) is 0 Å². The number of nitrogens with zero attached hydrogens (tertiary/aromatic N) is 1. The minimum Gasteiger partial charge on any atom is -0.438 e. The molecule has 0 radical (unpaired) electrons. The van der Waals surface area contributed by atoms with Crippen LogP contribution in [0.25, 0.3) is 11.1 Å². The second-order valence-electron chi connectivity index (χ2n) is 8.99. The molecule has 0 aliphatic carbocycles. The molecule has 0 aromatic heterocycles. The minimum absolute atomic E-state index is 0.251. The van der Waals surface area contributed by atoms with Crippen LogP contribution in [0, 0.1) is 17.5 Å². The number of nitrogens with one attached hydrogen (secondary N) is 2. The Hall–Kier alpha value is -4.01. The van der Waals surface area contributed by atoms with Gasteiger partial charge in [-0.3, -0.25) is 0 Å². The van der Waals surface area contributed by atoms with Crippen LogP contribution in [0.1, 0.15) is 36.9 Å². The van der Waals surface area contributed by atoms with E-state index in [0.29, 0.717) is 30.5 Å². The molecule has 0 unspecified atom stereocenters. The smallest absolute Gasteiger partial charge is 0.411 e. The summed E-state index contributed by atoms with van der Waals surface area (Å²) in [4.78, 5) is 26.5. The first kappa shape index (κ1) is 26.1. The summed E-state index contributed by atoms with van der Waals surface area (Å²) in [6, 6.07) is 15.6. The van der Waals surface area contributed by atoms with Crippen molar-refractivity contribution in [3.05, 3.63) is 95.3 Å². The largest absolute Gasteiger partial charge is 0.438 e. The van der Waals surface area contributed by atoms with Crippen LogP contribution < -0.4 is 10.6 Å². The summed E-state index contributed by atoms with van der Waals surface area (Å²) in [6.07, 6.45) is 0.220. The fraction of sp³-hybridized carbons (Fsp3) is 0.286. The van der Waals surface area contributed by atoms with Gasteiger partial charge < -0.3 is 20.3 Å². The zero-order valence-electron chi connectivity index (χ0n) is 20.6. The summed E-state index contributed by atoms with van der Waals surface area (Å²) in [5.74, 6) is -1.69. The average Bonchev–Trinajstić information content (AvgIpc) is 2.89. The van der Waals surface area contributed by atoms with Crippen LogP contribution >= 0.6 is 0 Å². The molecule has 194 valence electrons. The van der Waals surface area contributed by atoms with Gasteiger partial charge in [0.2, 0.25) is 0 Å². The highest BCUT2D eigenvalue weighted by Gasteiger charge is 2.43. The molecule has 9 heteroatoms. The number of benzene rings is 3. The van der Waals surface area contributed by atoms with Crippen LogP contribution in [-0.2, 0) is 10.3 Å². The van der Waals surface area contributed by atoms with Crippen molar-refractivity contribution in [3.8, 4) is 11.1 Å². The van der Waals surface area contributed by atoms with Gasteiger partial charge in [0.05, 0.1) is 6.04 Å². The van der Waals surface area contributed by atoms with Gasteiger partial charge in [0.25, 0.3) is 0 Å². The Kier molecular flexibility index (Phi) is 7.71. The maximum Gasteiger partial charge on any atom is 0.411 e. The lowest BCUT2D eigenvalue weighted by molar-refractivity contribution is -0.0646. The van der Waals surface area contributed by atoms with Crippen molar-refractivity contribution in [2.75, 3.05) is 20.1 Å². The van der Waals surface area contributed by atoms with E-state index in [-0.39, 0.29) is 24.2 Å². The summed E-state index contributed by atoms with van der Waals surface area (Å²) < 4.78 is 47.0. The molecule has 0 spiro atoms. The fourth-order valence-corrected chi connectivity index (χ4v) is 4.61. The first-order chi connectivity index (χ1) is 17.7. The van der Waals surface area contributed by atoms with Gasteiger partial charge in [-0.2, -0.15) is 0 Å². The highest BCUT2D eigenvalue weighted by atomic mass is 19.1. The third-order valence-corrected chi connectivity index (χ3v) is 6.79. The molecule has 4 rings (SSSR count). The normalized spacial score (nSPS) is 18.2. The quantitative estimate of drug-likeness (QED) is 0.416. The van der Waals surface area contributed by atoms with Crippen LogP contribution in [0.4, 0.5) is 22.8 Å². The number of rotatable bonds is 7. The Morgan fingerprint density at radius 3 is 2.32 bits per heavy atom. The predicted molar refractivity (Wildman–Crippen MR) is 133 cm³/mol. The van der Waals surface area contributed by atoms with E-state index in [0.717, 1.165) is 11.6 Å². The summed E-state index contributed by atoms with van der Waals surface area (Å²) in [7, 11) is 1.51. The van der Waals surface area contributed by atoms with Gasteiger partial charge in [0, 0.05) is 44.6 Å². The maximum atomic E-state index is 14.2. The maximum absolute atomic E-state index is 14.2. The monoisotopic (exact) mass is 511 g/mol. The molecule has 6 nitrogen and oxygen atoms in total. The number of urea groups is 1. The molecule has 1 fully saturated rings. The van der Waals surface area contributed by atoms with Gasteiger partial charge in [0.15, 0.2) is 0 Å². The first-order valence-electron chi connectivity index (χ1n) is 12.0. The molecule has 1 saturated heterocycles. The minimum atomic E-state index is -1.02. The first-order valence-corrected chi connectivity index (χ1v) is 12.0. The van der Waals surface area contributed by atoms with Crippen molar-refractivity contribution in [3.63, 3.8) is 0 Å². The second kappa shape index (κ2) is 10.9. The van der Waals surface area contributed by atoms with Crippen LogP contribution in [0.5, 0.6) is 0 Å². The summed E-state index contributed by atoms with van der Waals surface area (Å²) in [5.41, 5.74) is 1.32. The molecule has 1 aliphatic heterocycles. The van der Waals surface area contributed by atoms with E-state index < -0.39 is 29.1 Å². The molecule has 3 aromatic carbocycles. The summed E-state index contributed by atoms with van der Waals surface area (Å²) in [5, 5.41) is 5.19. The van der Waals surface area contributed by atoms with Crippen LogP contribution in [-0.4, -0.2) is 37.2 Å². The number of hydrogen-bond donors (Lipinski definition) is 2. The molecular formula is C28H28F3N3O3. The molecule has 2 atom stereocenters. The lowest BCUT2D eigenvalue weighted by Crippen LogP contribution is -2.50. The number of amides is 3. The van der Waals surface area contributed by atoms with Crippen molar-refractivity contribution in [1.29, 1.82) is 0 Å². The number of carbonyl (C=O) groups excluding carboxylic acids is 2.